The molecule has 0 radical (unpaired) electrons. The molecule has 0 spiro atoms. The van der Waals surface area contributed by atoms with Crippen LogP contribution < -0.4 is 0 Å². The number of nitrogens with zero attached hydrogens (tertiary/aromatic N) is 1. The number of aldehydes is 1. The summed E-state index contributed by atoms with van der Waals surface area (Å²) in [6.07, 6.45) is 0.504. The summed E-state index contributed by atoms with van der Waals surface area (Å²) < 4.78 is 5.34. The maximum Gasteiger partial charge on any atom is 0.335 e. The Kier molecular flexibility index (Phi) is 4.75. The molecule has 114 valence electrons. The van der Waals surface area contributed by atoms with Gasteiger partial charge in [-0.3, -0.25) is 4.90 Å². The first-order chi connectivity index (χ1) is 9.92. The second kappa shape index (κ2) is 6.37. The van der Waals surface area contributed by atoms with E-state index in [4.69, 9.17) is 9.84 Å². The fraction of sp³-hybridized carbons (Fsp3) is 0.500. The van der Waals surface area contributed by atoms with E-state index in [2.05, 4.69) is 18.7 Å². The summed E-state index contributed by atoms with van der Waals surface area (Å²) in [6, 6.07) is 6.99. The average molecular weight is 291 g/mol. The smallest absolute Gasteiger partial charge is 0.335 e. The Balaban J connectivity index is 2.06. The minimum absolute atomic E-state index is 0.123. The number of carboxylic acids is 1. The fourth-order valence-electron chi connectivity index (χ4n) is 2.67. The lowest BCUT2D eigenvalue weighted by atomic mass is 9.83. The monoisotopic (exact) mass is 291 g/mol. The molecule has 1 aliphatic rings. The third kappa shape index (κ3) is 3.89. The Hall–Kier alpha value is -1.72. The van der Waals surface area contributed by atoms with Gasteiger partial charge in [0.05, 0.1) is 12.2 Å². The number of carboxylic acid groups (broad SMARTS) is 1. The first-order valence-corrected chi connectivity index (χ1v) is 7.05. The Labute approximate surface area is 124 Å². The third-order valence-corrected chi connectivity index (χ3v) is 3.86. The van der Waals surface area contributed by atoms with Crippen LogP contribution in [0, 0.1) is 0 Å². The Morgan fingerprint density at radius 1 is 1.43 bits per heavy atom. The second-order valence-corrected chi connectivity index (χ2v) is 6.05. The number of hydrogen-bond acceptors (Lipinski definition) is 4. The maximum atomic E-state index is 10.9. The van der Waals surface area contributed by atoms with E-state index in [1.807, 2.05) is 12.1 Å². The van der Waals surface area contributed by atoms with Gasteiger partial charge in [0.25, 0.3) is 0 Å². The van der Waals surface area contributed by atoms with Crippen molar-refractivity contribution in [1.29, 1.82) is 0 Å². The quantitative estimate of drug-likeness (QED) is 0.834. The van der Waals surface area contributed by atoms with Gasteiger partial charge in [-0.25, -0.2) is 4.79 Å². The van der Waals surface area contributed by atoms with Crippen molar-refractivity contribution in [3.63, 3.8) is 0 Å². The summed E-state index contributed by atoms with van der Waals surface area (Å²) in [6.45, 7) is 7.02. The van der Waals surface area contributed by atoms with Gasteiger partial charge in [0.15, 0.2) is 0 Å². The molecule has 21 heavy (non-hydrogen) atoms. The minimum Gasteiger partial charge on any atom is -0.478 e. The van der Waals surface area contributed by atoms with Gasteiger partial charge in [-0.05, 0) is 17.7 Å². The van der Waals surface area contributed by atoms with Crippen molar-refractivity contribution in [3.8, 4) is 0 Å². The molecule has 1 atom stereocenters. The SMILES string of the molecule is CC(C)(CN1CCO[C@@H](C=O)C1)c1ccc(C(=O)O)cc1. The number of hydrogen-bond donors (Lipinski definition) is 1. The van der Waals surface area contributed by atoms with Crippen molar-refractivity contribution < 1.29 is 19.4 Å². The molecule has 1 heterocycles. The molecule has 1 N–H and O–H groups in total. The zero-order valence-electron chi connectivity index (χ0n) is 12.4. The lowest BCUT2D eigenvalue weighted by Crippen LogP contribution is -2.47. The molecule has 0 aromatic heterocycles. The van der Waals surface area contributed by atoms with Gasteiger partial charge < -0.3 is 14.6 Å². The summed E-state index contributed by atoms with van der Waals surface area (Å²) >= 11 is 0. The standard InChI is InChI=1S/C16H21NO4/c1-16(2,11-17-7-8-21-14(9-17)10-18)13-5-3-12(4-6-13)15(19)20/h3-6,10,14H,7-9,11H2,1-2H3,(H,19,20)/t14-/m1/s1. The molecule has 5 heteroatoms. The van der Waals surface area contributed by atoms with Crippen molar-refractivity contribution in [2.45, 2.75) is 25.4 Å². The molecule has 0 bridgehead atoms. The highest BCUT2D eigenvalue weighted by molar-refractivity contribution is 5.87. The first kappa shape index (κ1) is 15.7. The third-order valence-electron chi connectivity index (χ3n) is 3.86. The lowest BCUT2D eigenvalue weighted by molar-refractivity contribution is -0.123. The summed E-state index contributed by atoms with van der Waals surface area (Å²) in [4.78, 5) is 23.9. The highest BCUT2D eigenvalue weighted by Gasteiger charge is 2.28. The minimum atomic E-state index is -0.915. The van der Waals surface area contributed by atoms with E-state index in [0.717, 1.165) is 24.9 Å². The van der Waals surface area contributed by atoms with Crippen LogP contribution in [0.2, 0.25) is 0 Å². The maximum absolute atomic E-state index is 10.9. The van der Waals surface area contributed by atoms with Gasteiger partial charge >= 0.3 is 5.97 Å². The van der Waals surface area contributed by atoms with Crippen LogP contribution in [0.3, 0.4) is 0 Å². The largest absolute Gasteiger partial charge is 0.478 e. The molecule has 1 aliphatic heterocycles. The molecule has 1 aromatic rings. The summed E-state index contributed by atoms with van der Waals surface area (Å²) in [5.41, 5.74) is 1.26. The highest BCUT2D eigenvalue weighted by atomic mass is 16.5. The molecule has 0 amide bonds. The molecule has 0 saturated carbocycles. The Morgan fingerprint density at radius 2 is 2.10 bits per heavy atom. The number of aromatic carboxylic acids is 1. The van der Waals surface area contributed by atoms with Crippen molar-refractivity contribution in [1.82, 2.24) is 4.90 Å². The number of rotatable bonds is 5. The molecule has 2 rings (SSSR count). The first-order valence-electron chi connectivity index (χ1n) is 7.05. The number of carbonyl (C=O) groups is 2. The van der Waals surface area contributed by atoms with Gasteiger partial charge in [0, 0.05) is 25.0 Å². The zero-order chi connectivity index (χ0) is 15.5. The Bertz CT molecular complexity index is 510. The van der Waals surface area contributed by atoms with Gasteiger partial charge in [-0.2, -0.15) is 0 Å². The Morgan fingerprint density at radius 3 is 2.67 bits per heavy atom. The van der Waals surface area contributed by atoms with Crippen LogP contribution in [0.5, 0.6) is 0 Å². The summed E-state index contributed by atoms with van der Waals surface area (Å²) in [7, 11) is 0. The van der Waals surface area contributed by atoms with E-state index in [9.17, 15) is 9.59 Å². The molecular weight excluding hydrogens is 270 g/mol. The van der Waals surface area contributed by atoms with Crippen LogP contribution in [-0.4, -0.2) is 54.6 Å². The van der Waals surface area contributed by atoms with Crippen molar-refractivity contribution in [2.75, 3.05) is 26.2 Å². The normalized spacial score (nSPS) is 20.2. The van der Waals surface area contributed by atoms with E-state index < -0.39 is 5.97 Å². The van der Waals surface area contributed by atoms with E-state index in [0.29, 0.717) is 18.7 Å². The van der Waals surface area contributed by atoms with E-state index in [-0.39, 0.29) is 11.5 Å². The van der Waals surface area contributed by atoms with Crippen molar-refractivity contribution in [2.24, 2.45) is 0 Å². The van der Waals surface area contributed by atoms with Crippen LogP contribution >= 0.6 is 0 Å². The molecule has 0 unspecified atom stereocenters. The van der Waals surface area contributed by atoms with Crippen LogP contribution in [0.4, 0.5) is 0 Å². The number of morpholine rings is 1. The average Bonchev–Trinajstić information content (AvgIpc) is 2.47. The van der Waals surface area contributed by atoms with Crippen molar-refractivity contribution >= 4 is 12.3 Å². The van der Waals surface area contributed by atoms with E-state index >= 15 is 0 Å². The number of carbonyl (C=O) groups excluding carboxylic acids is 1. The highest BCUT2D eigenvalue weighted by Crippen LogP contribution is 2.25. The predicted octanol–water partition coefficient (Wildman–Crippen LogP) is 1.56. The molecule has 1 fully saturated rings. The fourth-order valence-corrected chi connectivity index (χ4v) is 2.67. The van der Waals surface area contributed by atoms with Crippen LogP contribution in [-0.2, 0) is 14.9 Å². The van der Waals surface area contributed by atoms with Crippen LogP contribution in [0.25, 0.3) is 0 Å². The molecular formula is C16H21NO4. The van der Waals surface area contributed by atoms with Crippen molar-refractivity contribution in [3.05, 3.63) is 35.4 Å². The summed E-state index contributed by atoms with van der Waals surface area (Å²) in [5.74, 6) is -0.915. The van der Waals surface area contributed by atoms with Crippen LogP contribution in [0.15, 0.2) is 24.3 Å². The van der Waals surface area contributed by atoms with E-state index in [1.165, 1.54) is 0 Å². The second-order valence-electron chi connectivity index (χ2n) is 6.05. The number of benzene rings is 1. The van der Waals surface area contributed by atoms with E-state index in [1.54, 1.807) is 12.1 Å². The van der Waals surface area contributed by atoms with Crippen LogP contribution in [0.1, 0.15) is 29.8 Å². The lowest BCUT2D eigenvalue weighted by Gasteiger charge is -2.37. The molecule has 0 aliphatic carbocycles. The van der Waals surface area contributed by atoms with Gasteiger partial charge in [-0.15, -0.1) is 0 Å². The zero-order valence-corrected chi connectivity index (χ0v) is 12.4. The van der Waals surface area contributed by atoms with Gasteiger partial charge in [0.1, 0.15) is 12.4 Å². The van der Waals surface area contributed by atoms with Gasteiger partial charge in [-0.1, -0.05) is 26.0 Å². The van der Waals surface area contributed by atoms with Gasteiger partial charge in [0.2, 0.25) is 0 Å². The summed E-state index contributed by atoms with van der Waals surface area (Å²) in [5, 5.41) is 8.94. The molecule has 5 nitrogen and oxygen atoms in total. The topological polar surface area (TPSA) is 66.8 Å². The predicted molar refractivity (Wildman–Crippen MR) is 78.7 cm³/mol. The molecule has 1 aromatic carbocycles. The number of ether oxygens (including phenoxy) is 1. The molecule has 1 saturated heterocycles.